The zero-order valence-electron chi connectivity index (χ0n) is 7.71. The Balaban J connectivity index is 2.68. The van der Waals surface area contributed by atoms with Crippen molar-refractivity contribution in [2.75, 3.05) is 0 Å². The fourth-order valence-electron chi connectivity index (χ4n) is 1.27. The van der Waals surface area contributed by atoms with Gasteiger partial charge in [-0.3, -0.25) is 4.57 Å². The largest absolute Gasteiger partial charge is 0.269 e. The third kappa shape index (κ3) is 2.02. The minimum Gasteiger partial charge on any atom is -0.269 e. The fourth-order valence-corrected chi connectivity index (χ4v) is 2.11. The third-order valence-corrected chi connectivity index (χ3v) is 3.08. The summed E-state index contributed by atoms with van der Waals surface area (Å²) in [5.74, 6) is 0.711. The maximum absolute atomic E-state index is 5.93. The minimum absolute atomic E-state index is 0.315. The standard InChI is InChI=1S/C9H6BrCl2N3/c1-5-13-14-9(12)15(5)8-4-6(11)2-3-7(8)10/h2-4H,1H3. The lowest BCUT2D eigenvalue weighted by Crippen LogP contribution is -1.98. The Labute approximate surface area is 105 Å². The molecule has 0 N–H and O–H groups in total. The summed E-state index contributed by atoms with van der Waals surface area (Å²) >= 11 is 15.3. The Morgan fingerprint density at radius 1 is 1.27 bits per heavy atom. The monoisotopic (exact) mass is 305 g/mol. The van der Waals surface area contributed by atoms with E-state index in [1.54, 1.807) is 16.7 Å². The van der Waals surface area contributed by atoms with Gasteiger partial charge in [0.1, 0.15) is 5.82 Å². The third-order valence-electron chi connectivity index (χ3n) is 1.93. The van der Waals surface area contributed by atoms with E-state index < -0.39 is 0 Å². The summed E-state index contributed by atoms with van der Waals surface area (Å²) in [4.78, 5) is 0. The van der Waals surface area contributed by atoms with Crippen LogP contribution in [0, 0.1) is 6.92 Å². The molecule has 2 aromatic rings. The van der Waals surface area contributed by atoms with Crippen molar-refractivity contribution in [3.05, 3.63) is 38.8 Å². The van der Waals surface area contributed by atoms with Crippen LogP contribution in [0.2, 0.25) is 10.3 Å². The molecule has 0 unspecified atom stereocenters. The minimum atomic E-state index is 0.315. The molecule has 2 rings (SSSR count). The van der Waals surface area contributed by atoms with Gasteiger partial charge in [-0.05, 0) is 52.7 Å². The van der Waals surface area contributed by atoms with Crippen LogP contribution in [0.3, 0.4) is 0 Å². The Morgan fingerprint density at radius 3 is 2.60 bits per heavy atom. The Kier molecular flexibility index (Phi) is 3.00. The summed E-state index contributed by atoms with van der Waals surface area (Å²) in [6.07, 6.45) is 0. The molecule has 0 spiro atoms. The molecule has 1 heterocycles. The molecule has 6 heteroatoms. The first-order chi connectivity index (χ1) is 7.09. The van der Waals surface area contributed by atoms with Crippen molar-refractivity contribution < 1.29 is 0 Å². The van der Waals surface area contributed by atoms with Gasteiger partial charge >= 0.3 is 0 Å². The molecule has 0 aliphatic carbocycles. The molecule has 0 radical (unpaired) electrons. The van der Waals surface area contributed by atoms with Crippen LogP contribution in [-0.2, 0) is 0 Å². The number of benzene rings is 1. The molecule has 3 nitrogen and oxygen atoms in total. The summed E-state index contributed by atoms with van der Waals surface area (Å²) in [5, 5.41) is 8.61. The maximum Gasteiger partial charge on any atom is 0.229 e. The van der Waals surface area contributed by atoms with E-state index in [4.69, 9.17) is 23.2 Å². The van der Waals surface area contributed by atoms with Crippen LogP contribution in [-0.4, -0.2) is 14.8 Å². The highest BCUT2D eigenvalue weighted by Crippen LogP contribution is 2.27. The van der Waals surface area contributed by atoms with Crippen LogP contribution >= 0.6 is 39.1 Å². The molecular formula is C9H6BrCl2N3. The van der Waals surface area contributed by atoms with Crippen molar-refractivity contribution in [2.24, 2.45) is 0 Å². The molecule has 0 aliphatic heterocycles. The molecule has 1 aromatic heterocycles. The lowest BCUT2D eigenvalue weighted by atomic mass is 10.3. The topological polar surface area (TPSA) is 30.7 Å². The number of nitrogens with zero attached hydrogens (tertiary/aromatic N) is 3. The Hall–Kier alpha value is -0.580. The molecule has 78 valence electrons. The first-order valence-corrected chi connectivity index (χ1v) is 5.67. The predicted molar refractivity (Wildman–Crippen MR) is 63.8 cm³/mol. The van der Waals surface area contributed by atoms with E-state index >= 15 is 0 Å². The van der Waals surface area contributed by atoms with E-state index in [1.165, 1.54) is 0 Å². The van der Waals surface area contributed by atoms with Gasteiger partial charge in [-0.1, -0.05) is 11.6 Å². The molecule has 0 amide bonds. The lowest BCUT2D eigenvalue weighted by Gasteiger charge is -2.07. The fraction of sp³-hybridized carbons (Fsp3) is 0.111. The Bertz CT molecular complexity index is 491. The van der Waals surface area contributed by atoms with Crippen molar-refractivity contribution >= 4 is 39.1 Å². The normalized spacial score (nSPS) is 10.7. The van der Waals surface area contributed by atoms with Gasteiger partial charge in [0.2, 0.25) is 5.28 Å². The molecule has 0 atom stereocenters. The highest BCUT2D eigenvalue weighted by atomic mass is 79.9. The van der Waals surface area contributed by atoms with Gasteiger partial charge in [0.15, 0.2) is 0 Å². The number of hydrogen-bond donors (Lipinski definition) is 0. The van der Waals surface area contributed by atoms with E-state index in [-0.39, 0.29) is 0 Å². The zero-order valence-corrected chi connectivity index (χ0v) is 10.8. The number of aromatic nitrogens is 3. The van der Waals surface area contributed by atoms with E-state index in [2.05, 4.69) is 26.1 Å². The average molecular weight is 307 g/mol. The van der Waals surface area contributed by atoms with Crippen LogP contribution in [0.4, 0.5) is 0 Å². The predicted octanol–water partition coefficient (Wildman–Crippen LogP) is 3.65. The van der Waals surface area contributed by atoms with Gasteiger partial charge in [-0.25, -0.2) is 0 Å². The average Bonchev–Trinajstić information content (AvgIpc) is 2.51. The highest BCUT2D eigenvalue weighted by Gasteiger charge is 2.11. The number of hydrogen-bond acceptors (Lipinski definition) is 2. The SMILES string of the molecule is Cc1nnc(Cl)n1-c1cc(Cl)ccc1Br. The summed E-state index contributed by atoms with van der Waals surface area (Å²) < 4.78 is 2.61. The zero-order chi connectivity index (χ0) is 11.0. The summed E-state index contributed by atoms with van der Waals surface area (Å²) in [6.45, 7) is 1.83. The van der Waals surface area contributed by atoms with Gasteiger partial charge in [0.05, 0.1) is 5.69 Å². The van der Waals surface area contributed by atoms with E-state index in [0.717, 1.165) is 10.2 Å². The molecular weight excluding hydrogens is 301 g/mol. The van der Waals surface area contributed by atoms with E-state index in [0.29, 0.717) is 16.1 Å². The number of aryl methyl sites for hydroxylation is 1. The van der Waals surface area contributed by atoms with Gasteiger partial charge in [0.25, 0.3) is 0 Å². The first-order valence-electron chi connectivity index (χ1n) is 4.12. The number of rotatable bonds is 1. The van der Waals surface area contributed by atoms with Crippen molar-refractivity contribution in [1.82, 2.24) is 14.8 Å². The van der Waals surface area contributed by atoms with E-state index in [9.17, 15) is 0 Å². The van der Waals surface area contributed by atoms with Crippen LogP contribution < -0.4 is 0 Å². The second-order valence-electron chi connectivity index (χ2n) is 2.95. The second-order valence-corrected chi connectivity index (χ2v) is 4.58. The highest BCUT2D eigenvalue weighted by molar-refractivity contribution is 9.10. The first kappa shape index (κ1) is 10.9. The molecule has 0 aliphatic rings. The summed E-state index contributed by atoms with van der Waals surface area (Å²) in [7, 11) is 0. The summed E-state index contributed by atoms with van der Waals surface area (Å²) in [5.41, 5.74) is 0.829. The molecule has 0 fully saturated rings. The maximum atomic E-state index is 5.93. The van der Waals surface area contributed by atoms with Gasteiger partial charge in [0, 0.05) is 9.50 Å². The molecule has 1 aromatic carbocycles. The van der Waals surface area contributed by atoms with Gasteiger partial charge < -0.3 is 0 Å². The lowest BCUT2D eigenvalue weighted by molar-refractivity contribution is 0.965. The van der Waals surface area contributed by atoms with Gasteiger partial charge in [-0.15, -0.1) is 10.2 Å². The Morgan fingerprint density at radius 2 is 2.00 bits per heavy atom. The quantitative estimate of drug-likeness (QED) is 0.805. The van der Waals surface area contributed by atoms with Crippen molar-refractivity contribution in [3.63, 3.8) is 0 Å². The smallest absolute Gasteiger partial charge is 0.229 e. The van der Waals surface area contributed by atoms with Crippen molar-refractivity contribution in [3.8, 4) is 5.69 Å². The van der Waals surface area contributed by atoms with Crippen LogP contribution in [0.15, 0.2) is 22.7 Å². The number of halogens is 3. The van der Waals surface area contributed by atoms with Crippen molar-refractivity contribution in [2.45, 2.75) is 6.92 Å². The molecule has 0 bridgehead atoms. The molecule has 0 saturated carbocycles. The second kappa shape index (κ2) is 4.12. The van der Waals surface area contributed by atoms with E-state index in [1.807, 2.05) is 13.0 Å². The van der Waals surface area contributed by atoms with Crippen LogP contribution in [0.1, 0.15) is 5.82 Å². The van der Waals surface area contributed by atoms with Crippen LogP contribution in [0.25, 0.3) is 5.69 Å². The molecule has 15 heavy (non-hydrogen) atoms. The van der Waals surface area contributed by atoms with Gasteiger partial charge in [-0.2, -0.15) is 0 Å². The summed E-state index contributed by atoms with van der Waals surface area (Å²) in [6, 6.07) is 5.45. The molecule has 0 saturated heterocycles. The van der Waals surface area contributed by atoms with Crippen LogP contribution in [0.5, 0.6) is 0 Å². The van der Waals surface area contributed by atoms with Crippen molar-refractivity contribution in [1.29, 1.82) is 0 Å².